The molecule has 76 valence electrons. The van der Waals surface area contributed by atoms with Gasteiger partial charge in [0.2, 0.25) is 0 Å². The number of carbonyl (C=O) groups excluding carboxylic acids is 1. The third kappa shape index (κ3) is 1.91. The number of rotatable bonds is 3. The van der Waals surface area contributed by atoms with Gasteiger partial charge in [-0.05, 0) is 19.8 Å². The van der Waals surface area contributed by atoms with Crippen molar-refractivity contribution in [3.8, 4) is 0 Å². The summed E-state index contributed by atoms with van der Waals surface area (Å²) in [5.41, 5.74) is -0.128. The highest BCUT2D eigenvalue weighted by molar-refractivity contribution is 7.13. The minimum absolute atomic E-state index is 0.0475. The van der Waals surface area contributed by atoms with Crippen LogP contribution in [0, 0.1) is 6.92 Å². The fourth-order valence-electron chi connectivity index (χ4n) is 1.21. The summed E-state index contributed by atoms with van der Waals surface area (Å²) < 4.78 is 0. The lowest BCUT2D eigenvalue weighted by Gasteiger charge is -2.12. The van der Waals surface area contributed by atoms with Crippen LogP contribution in [0.2, 0.25) is 0 Å². The Morgan fingerprint density at radius 2 is 2.50 bits per heavy atom. The second kappa shape index (κ2) is 3.51. The Hall–Kier alpha value is -0.610. The fraction of sp³-hybridized carbons (Fsp3) is 0.556. The van der Waals surface area contributed by atoms with Crippen molar-refractivity contribution in [1.82, 2.24) is 10.3 Å². The van der Waals surface area contributed by atoms with Crippen LogP contribution in [0.4, 0.5) is 0 Å². The van der Waals surface area contributed by atoms with Gasteiger partial charge < -0.3 is 5.32 Å². The van der Waals surface area contributed by atoms with E-state index >= 15 is 0 Å². The van der Waals surface area contributed by atoms with Crippen LogP contribution in [0.5, 0.6) is 0 Å². The Labute approximate surface area is 91.5 Å². The molecule has 1 aliphatic carbocycles. The number of aryl methyl sites for hydroxylation is 1. The first-order chi connectivity index (χ1) is 6.65. The monoisotopic (exact) mass is 230 g/mol. The molecule has 1 N–H and O–H groups in total. The van der Waals surface area contributed by atoms with Crippen molar-refractivity contribution in [3.05, 3.63) is 16.1 Å². The van der Waals surface area contributed by atoms with Gasteiger partial charge in [0, 0.05) is 5.88 Å². The van der Waals surface area contributed by atoms with Gasteiger partial charge in [-0.3, -0.25) is 4.79 Å². The Morgan fingerprint density at radius 3 is 2.93 bits per heavy atom. The molecule has 1 amide bonds. The normalized spacial score (nSPS) is 17.9. The van der Waals surface area contributed by atoms with Gasteiger partial charge in [-0.25, -0.2) is 4.98 Å². The summed E-state index contributed by atoms with van der Waals surface area (Å²) in [5, 5.41) is 3.85. The smallest absolute Gasteiger partial charge is 0.263 e. The highest BCUT2D eigenvalue weighted by Crippen LogP contribution is 2.36. The molecule has 0 bridgehead atoms. The lowest BCUT2D eigenvalue weighted by molar-refractivity contribution is 0.0940. The van der Waals surface area contributed by atoms with Crippen LogP contribution in [0.25, 0.3) is 0 Å². The SMILES string of the molecule is Cc1ncc(C(=O)NC2(CCl)CC2)s1. The van der Waals surface area contributed by atoms with E-state index in [1.165, 1.54) is 11.3 Å². The molecule has 0 spiro atoms. The lowest BCUT2D eigenvalue weighted by atomic mass is 10.3. The van der Waals surface area contributed by atoms with E-state index in [0.29, 0.717) is 10.8 Å². The molecule has 0 unspecified atom stereocenters. The molecular formula is C9H11ClN2OS. The van der Waals surface area contributed by atoms with Gasteiger partial charge in [0.15, 0.2) is 0 Å². The number of thiazole rings is 1. The summed E-state index contributed by atoms with van der Waals surface area (Å²) in [6.45, 7) is 1.88. The van der Waals surface area contributed by atoms with Crippen molar-refractivity contribution in [2.24, 2.45) is 0 Å². The van der Waals surface area contributed by atoms with Crippen molar-refractivity contribution >= 4 is 28.8 Å². The quantitative estimate of drug-likeness (QED) is 0.807. The largest absolute Gasteiger partial charge is 0.345 e. The molecule has 0 saturated heterocycles. The molecule has 0 radical (unpaired) electrons. The van der Waals surface area contributed by atoms with Crippen molar-refractivity contribution in [3.63, 3.8) is 0 Å². The highest BCUT2D eigenvalue weighted by Gasteiger charge is 2.43. The first kappa shape index (κ1) is 9.93. The Bertz CT molecular complexity index is 359. The van der Waals surface area contributed by atoms with E-state index in [1.54, 1.807) is 6.20 Å². The summed E-state index contributed by atoms with van der Waals surface area (Å²) in [7, 11) is 0. The number of amides is 1. The van der Waals surface area contributed by atoms with Gasteiger partial charge in [-0.15, -0.1) is 22.9 Å². The van der Waals surface area contributed by atoms with Crippen molar-refractivity contribution in [2.75, 3.05) is 5.88 Å². The predicted molar refractivity (Wildman–Crippen MR) is 57.0 cm³/mol. The molecule has 3 nitrogen and oxygen atoms in total. The van der Waals surface area contributed by atoms with E-state index < -0.39 is 0 Å². The van der Waals surface area contributed by atoms with Crippen molar-refractivity contribution in [1.29, 1.82) is 0 Å². The Kier molecular flexibility index (Phi) is 2.49. The van der Waals surface area contributed by atoms with Crippen LogP contribution in [0.15, 0.2) is 6.20 Å². The van der Waals surface area contributed by atoms with Crippen LogP contribution in [0.3, 0.4) is 0 Å². The van der Waals surface area contributed by atoms with Gasteiger partial charge in [-0.1, -0.05) is 0 Å². The maximum absolute atomic E-state index is 11.7. The van der Waals surface area contributed by atoms with E-state index in [2.05, 4.69) is 10.3 Å². The van der Waals surface area contributed by atoms with Gasteiger partial charge in [0.1, 0.15) is 4.88 Å². The number of hydrogen-bond donors (Lipinski definition) is 1. The molecule has 14 heavy (non-hydrogen) atoms. The molecule has 1 aliphatic rings. The number of hydrogen-bond acceptors (Lipinski definition) is 3. The second-order valence-electron chi connectivity index (χ2n) is 3.61. The average molecular weight is 231 g/mol. The molecule has 0 aliphatic heterocycles. The van der Waals surface area contributed by atoms with Crippen molar-refractivity contribution < 1.29 is 4.79 Å². The minimum Gasteiger partial charge on any atom is -0.345 e. The molecule has 0 atom stereocenters. The summed E-state index contributed by atoms with van der Waals surface area (Å²) in [5.74, 6) is 0.449. The third-order valence-corrected chi connectivity index (χ3v) is 3.76. The maximum atomic E-state index is 11.7. The molecule has 1 aromatic heterocycles. The van der Waals surface area contributed by atoms with Crippen molar-refractivity contribution in [2.45, 2.75) is 25.3 Å². The minimum atomic E-state index is -0.128. The summed E-state index contributed by atoms with van der Waals surface area (Å²) in [6.07, 6.45) is 3.58. The van der Waals surface area contributed by atoms with Crippen LogP contribution in [0.1, 0.15) is 27.5 Å². The fourth-order valence-corrected chi connectivity index (χ4v) is 2.22. The first-order valence-corrected chi connectivity index (χ1v) is 5.81. The molecule has 1 heterocycles. The third-order valence-electron chi connectivity index (χ3n) is 2.33. The van der Waals surface area contributed by atoms with E-state index in [1.807, 2.05) is 6.92 Å². The summed E-state index contributed by atoms with van der Waals surface area (Å²) >= 11 is 7.17. The van der Waals surface area contributed by atoms with E-state index in [-0.39, 0.29) is 11.4 Å². The number of alkyl halides is 1. The summed E-state index contributed by atoms with van der Waals surface area (Å²) in [4.78, 5) is 16.4. The molecular weight excluding hydrogens is 220 g/mol. The molecule has 1 aromatic rings. The average Bonchev–Trinajstić information content (AvgIpc) is 2.80. The second-order valence-corrected chi connectivity index (χ2v) is 5.11. The number of halogens is 1. The number of aromatic nitrogens is 1. The predicted octanol–water partition coefficient (Wildman–Crippen LogP) is 1.95. The maximum Gasteiger partial charge on any atom is 0.263 e. The topological polar surface area (TPSA) is 42.0 Å². The zero-order valence-electron chi connectivity index (χ0n) is 7.84. The number of nitrogens with one attached hydrogen (secondary N) is 1. The van der Waals surface area contributed by atoms with Gasteiger partial charge >= 0.3 is 0 Å². The Balaban J connectivity index is 2.03. The molecule has 0 aromatic carbocycles. The van der Waals surface area contributed by atoms with E-state index in [0.717, 1.165) is 17.8 Å². The number of carbonyl (C=O) groups is 1. The summed E-state index contributed by atoms with van der Waals surface area (Å²) in [6, 6.07) is 0. The lowest BCUT2D eigenvalue weighted by Crippen LogP contribution is -2.37. The van der Waals surface area contributed by atoms with Crippen LogP contribution in [-0.2, 0) is 0 Å². The standard InChI is InChI=1S/C9H11ClN2OS/c1-6-11-4-7(14-6)8(13)12-9(5-10)2-3-9/h4H,2-3,5H2,1H3,(H,12,13). The first-order valence-electron chi connectivity index (χ1n) is 4.46. The molecule has 1 fully saturated rings. The van der Waals surface area contributed by atoms with Gasteiger partial charge in [0.05, 0.1) is 16.7 Å². The Morgan fingerprint density at radius 1 is 1.79 bits per heavy atom. The zero-order valence-corrected chi connectivity index (χ0v) is 9.41. The number of nitrogens with zero attached hydrogens (tertiary/aromatic N) is 1. The molecule has 2 rings (SSSR count). The molecule has 5 heteroatoms. The molecule has 1 saturated carbocycles. The van der Waals surface area contributed by atoms with E-state index in [9.17, 15) is 4.79 Å². The van der Waals surface area contributed by atoms with E-state index in [4.69, 9.17) is 11.6 Å². The van der Waals surface area contributed by atoms with Gasteiger partial charge in [-0.2, -0.15) is 0 Å². The van der Waals surface area contributed by atoms with Crippen LogP contribution >= 0.6 is 22.9 Å². The van der Waals surface area contributed by atoms with Crippen LogP contribution < -0.4 is 5.32 Å². The van der Waals surface area contributed by atoms with Crippen LogP contribution in [-0.4, -0.2) is 22.3 Å². The highest BCUT2D eigenvalue weighted by atomic mass is 35.5. The van der Waals surface area contributed by atoms with Gasteiger partial charge in [0.25, 0.3) is 5.91 Å². The zero-order chi connectivity index (χ0) is 10.2.